The highest BCUT2D eigenvalue weighted by Gasteiger charge is 2.29. The van der Waals surface area contributed by atoms with Crippen LogP contribution in [0, 0.1) is 5.92 Å². The molecule has 0 saturated carbocycles. The van der Waals surface area contributed by atoms with Crippen LogP contribution in [-0.2, 0) is 19.1 Å². The van der Waals surface area contributed by atoms with Crippen molar-refractivity contribution in [3.63, 3.8) is 0 Å². The van der Waals surface area contributed by atoms with Gasteiger partial charge in [-0.1, -0.05) is 24.3 Å². The Labute approximate surface area is 415 Å². The molecule has 4 saturated heterocycles. The lowest BCUT2D eigenvalue weighted by molar-refractivity contribution is -0.136. The summed E-state index contributed by atoms with van der Waals surface area (Å²) in [5.41, 5.74) is 9.22. The smallest absolute Gasteiger partial charge is 0.241 e. The molecule has 0 unspecified atom stereocenters. The Bertz CT molecular complexity index is 2700. The summed E-state index contributed by atoms with van der Waals surface area (Å²) in [5.74, 6) is 1.52. The maximum Gasteiger partial charge on any atom is 0.241 e. The van der Waals surface area contributed by atoms with Crippen LogP contribution in [-0.4, -0.2) is 133 Å². The number of benzene rings is 4. The van der Waals surface area contributed by atoms with Crippen molar-refractivity contribution < 1.29 is 19.1 Å². The number of rotatable bonds is 12. The Hall–Kier alpha value is -7.47. The number of piperazine rings is 1. The molecular weight excluding hydrogens is 895 g/mol. The van der Waals surface area contributed by atoms with Gasteiger partial charge in [0, 0.05) is 110 Å². The van der Waals surface area contributed by atoms with E-state index in [9.17, 15) is 14.4 Å². The summed E-state index contributed by atoms with van der Waals surface area (Å²) in [7, 11) is 2.00. The summed E-state index contributed by atoms with van der Waals surface area (Å²) in [6, 6.07) is 35.6. The van der Waals surface area contributed by atoms with Gasteiger partial charge in [0.2, 0.25) is 29.6 Å². The highest BCUT2D eigenvalue weighted by molar-refractivity contribution is 5.95. The van der Waals surface area contributed by atoms with Crippen molar-refractivity contribution in [1.82, 2.24) is 35.1 Å². The van der Waals surface area contributed by atoms with Crippen molar-refractivity contribution >= 4 is 63.7 Å². The van der Waals surface area contributed by atoms with Gasteiger partial charge < -0.3 is 46.0 Å². The quantitative estimate of drug-likeness (QED) is 0.0826. The molecule has 71 heavy (non-hydrogen) atoms. The van der Waals surface area contributed by atoms with Crippen LogP contribution in [0.5, 0.6) is 0 Å². The number of amides is 3. The van der Waals surface area contributed by atoms with E-state index in [1.807, 2.05) is 96.9 Å². The zero-order valence-corrected chi connectivity index (χ0v) is 40.5. The van der Waals surface area contributed by atoms with Crippen molar-refractivity contribution in [3.05, 3.63) is 122 Å². The number of piperidine rings is 1. The fourth-order valence-electron chi connectivity index (χ4n) is 9.38. The third-order valence-corrected chi connectivity index (χ3v) is 13.4. The second-order valence-electron chi connectivity index (χ2n) is 18.3. The van der Waals surface area contributed by atoms with Crippen LogP contribution in [0.15, 0.2) is 122 Å². The van der Waals surface area contributed by atoms with Crippen LogP contribution >= 0.6 is 0 Å². The van der Waals surface area contributed by atoms with Gasteiger partial charge in [-0.3, -0.25) is 19.3 Å². The number of hydrogen-bond acceptors (Lipinski definition) is 14. The molecule has 0 bridgehead atoms. The molecule has 0 radical (unpaired) electrons. The van der Waals surface area contributed by atoms with Crippen molar-refractivity contribution in [2.45, 2.75) is 38.6 Å². The maximum absolute atomic E-state index is 12.8. The highest BCUT2D eigenvalue weighted by Crippen LogP contribution is 2.27. The lowest BCUT2D eigenvalue weighted by Gasteiger charge is -2.38. The first-order valence-corrected chi connectivity index (χ1v) is 24.7. The number of morpholine rings is 1. The summed E-state index contributed by atoms with van der Waals surface area (Å²) < 4.78 is 5.43. The van der Waals surface area contributed by atoms with Gasteiger partial charge in [0.05, 0.1) is 30.6 Å². The Morgan fingerprint density at radius 1 is 0.577 bits per heavy atom. The number of nitrogens with one attached hydrogen (secondary N) is 5. The average Bonchev–Trinajstić information content (AvgIpc) is 3.86. The number of hydrogen-bond donors (Lipinski definition) is 5. The third kappa shape index (κ3) is 13.0. The zero-order valence-electron chi connectivity index (χ0n) is 40.5. The van der Waals surface area contributed by atoms with Gasteiger partial charge >= 0.3 is 0 Å². The molecule has 4 aliphatic heterocycles. The van der Waals surface area contributed by atoms with E-state index in [2.05, 4.69) is 85.5 Å². The van der Waals surface area contributed by atoms with Crippen molar-refractivity contribution in [3.8, 4) is 22.5 Å². The third-order valence-electron chi connectivity index (χ3n) is 13.4. The van der Waals surface area contributed by atoms with Gasteiger partial charge in [-0.25, -0.2) is 19.9 Å². The second-order valence-corrected chi connectivity index (χ2v) is 18.3. The number of likely N-dealkylation sites (tertiary alicyclic amines) is 1. The van der Waals surface area contributed by atoms with Crippen molar-refractivity contribution in [2.24, 2.45) is 5.92 Å². The molecule has 17 nitrogen and oxygen atoms in total. The second kappa shape index (κ2) is 23.4. The van der Waals surface area contributed by atoms with E-state index < -0.39 is 0 Å². The van der Waals surface area contributed by atoms with Crippen LogP contribution < -0.4 is 36.4 Å². The first kappa shape index (κ1) is 48.5. The molecule has 4 aliphatic rings. The largest absolute Gasteiger partial charge is 0.378 e. The van der Waals surface area contributed by atoms with E-state index in [0.717, 1.165) is 149 Å². The topological polar surface area (TPSA) is 185 Å². The number of likely N-dealkylation sites (N-methyl/N-ethyl adjacent to an activating group) is 1. The molecule has 2 aromatic heterocycles. The van der Waals surface area contributed by atoms with E-state index in [0.29, 0.717) is 17.8 Å². The Morgan fingerprint density at radius 3 is 1.56 bits per heavy atom. The first-order valence-electron chi connectivity index (χ1n) is 24.7. The van der Waals surface area contributed by atoms with Crippen LogP contribution in [0.4, 0.5) is 46.0 Å². The molecule has 0 aliphatic carbocycles. The number of aromatic nitrogens is 4. The van der Waals surface area contributed by atoms with E-state index in [4.69, 9.17) is 4.74 Å². The summed E-state index contributed by atoms with van der Waals surface area (Å²) in [6.45, 7) is 10.9. The number of carbonyl (C=O) groups is 3. The summed E-state index contributed by atoms with van der Waals surface area (Å²) >= 11 is 0. The van der Waals surface area contributed by atoms with E-state index in [1.165, 1.54) is 12.6 Å². The average molecular weight is 958 g/mol. The molecule has 4 fully saturated rings. The zero-order chi connectivity index (χ0) is 48.9. The minimum atomic E-state index is -0.0998. The molecule has 10 rings (SSSR count). The van der Waals surface area contributed by atoms with E-state index in [-0.39, 0.29) is 23.8 Å². The number of nitrogens with zero attached hydrogens (tertiary/aromatic N) is 8. The highest BCUT2D eigenvalue weighted by atomic mass is 16.5. The minimum Gasteiger partial charge on any atom is -0.378 e. The minimum absolute atomic E-state index is 0.0434. The molecule has 3 amide bonds. The molecule has 6 heterocycles. The van der Waals surface area contributed by atoms with Crippen molar-refractivity contribution in [1.29, 1.82) is 0 Å². The van der Waals surface area contributed by atoms with Gasteiger partial charge in [-0.2, -0.15) is 0 Å². The molecule has 4 aromatic carbocycles. The SMILES string of the molecule is CC(=O)Nc1ccc(-c2ccnc(Nc3ccc(N4CCN(C(=O)C5CCNCC5)CC4)cc3)n2)cc1.CN1CCC[C@H]1C(=O)Nc1ccc(-c2ccnc(Nc3ccc(N4CCOCC4)cc3)n2)cc1. The van der Waals surface area contributed by atoms with Gasteiger partial charge in [-0.05, 0) is 137 Å². The molecule has 0 spiro atoms. The Morgan fingerprint density at radius 2 is 1.07 bits per heavy atom. The lowest BCUT2D eigenvalue weighted by Crippen LogP contribution is -2.51. The van der Waals surface area contributed by atoms with Gasteiger partial charge in [-0.15, -0.1) is 0 Å². The summed E-state index contributed by atoms with van der Waals surface area (Å²) in [4.78, 5) is 63.4. The van der Waals surface area contributed by atoms with E-state index >= 15 is 0 Å². The summed E-state index contributed by atoms with van der Waals surface area (Å²) in [6.07, 6.45) is 7.35. The predicted molar refractivity (Wildman–Crippen MR) is 280 cm³/mol. The predicted octanol–water partition coefficient (Wildman–Crippen LogP) is 7.25. The maximum atomic E-state index is 12.8. The molecule has 6 aromatic rings. The van der Waals surface area contributed by atoms with Gasteiger partial charge in [0.25, 0.3) is 0 Å². The fourth-order valence-corrected chi connectivity index (χ4v) is 9.38. The monoisotopic (exact) mass is 958 g/mol. The molecular formula is C54H63N13O4. The van der Waals surface area contributed by atoms with Gasteiger partial charge in [0.1, 0.15) is 0 Å². The standard InChI is InChI=1S/C28H33N7O2.C26H30N6O2/c1-20(36)31-23-4-2-21(3-5-23)26-12-15-30-28(33-26)32-24-6-8-25(9-7-24)34-16-18-35(19-17-34)27(37)22-10-13-29-14-11-22;1-31-14-2-3-24(31)25(33)28-20-6-4-19(5-7-20)23-12-13-27-26(30-23)29-21-8-10-22(11-9-21)32-15-17-34-18-16-32/h2-9,12,15,22,29H,10-11,13-14,16-19H2,1H3,(H,31,36)(H,30,32,33);4-13,24H,2-3,14-18H2,1H3,(H,28,33)(H,27,29,30)/t;24-/m.0/s1. The summed E-state index contributed by atoms with van der Waals surface area (Å²) in [5, 5.41) is 15.7. The molecule has 5 N–H and O–H groups in total. The number of anilines is 8. The Balaban J connectivity index is 0.000000176. The molecule has 17 heteroatoms. The Kier molecular flexibility index (Phi) is 16.0. The van der Waals surface area contributed by atoms with Crippen LogP contribution in [0.25, 0.3) is 22.5 Å². The van der Waals surface area contributed by atoms with Crippen molar-refractivity contribution in [2.75, 3.05) is 110 Å². The van der Waals surface area contributed by atoms with Crippen LogP contribution in [0.1, 0.15) is 32.6 Å². The molecule has 1 atom stereocenters. The number of ether oxygens (including phenoxy) is 1. The van der Waals surface area contributed by atoms with Crippen LogP contribution in [0.2, 0.25) is 0 Å². The van der Waals surface area contributed by atoms with Gasteiger partial charge in [0.15, 0.2) is 0 Å². The lowest BCUT2D eigenvalue weighted by atomic mass is 9.96. The fraction of sp³-hybridized carbons (Fsp3) is 0.352. The number of carbonyl (C=O) groups excluding carboxylic acids is 3. The normalized spacial score (nSPS) is 17.4. The van der Waals surface area contributed by atoms with Crippen LogP contribution in [0.3, 0.4) is 0 Å². The van der Waals surface area contributed by atoms with E-state index in [1.54, 1.807) is 12.4 Å². The molecule has 368 valence electrons. The first-order chi connectivity index (χ1) is 34.7.